The molecular formula is C12H13N5O. The van der Waals surface area contributed by atoms with Crippen molar-refractivity contribution >= 4 is 17.7 Å². The van der Waals surface area contributed by atoms with Gasteiger partial charge in [0.15, 0.2) is 0 Å². The van der Waals surface area contributed by atoms with Crippen molar-refractivity contribution in [1.29, 1.82) is 0 Å². The topological polar surface area (TPSA) is 93.8 Å². The van der Waals surface area contributed by atoms with Crippen LogP contribution < -0.4 is 11.1 Å². The molecule has 0 unspecified atom stereocenters. The minimum absolute atomic E-state index is 0.272. The summed E-state index contributed by atoms with van der Waals surface area (Å²) in [4.78, 5) is 23.2. The Kier molecular flexibility index (Phi) is 3.18. The third kappa shape index (κ3) is 2.79. The number of aromatic nitrogens is 3. The molecule has 0 fully saturated rings. The molecule has 3 N–H and O–H groups in total. The smallest absolute Gasteiger partial charge is 0.251 e. The summed E-state index contributed by atoms with van der Waals surface area (Å²) in [6.45, 7) is 3.89. The van der Waals surface area contributed by atoms with Crippen LogP contribution in [0, 0.1) is 13.8 Å². The molecule has 0 bridgehead atoms. The van der Waals surface area contributed by atoms with Crippen LogP contribution >= 0.6 is 0 Å². The summed E-state index contributed by atoms with van der Waals surface area (Å²) in [6, 6.07) is 3.86. The summed E-state index contributed by atoms with van der Waals surface area (Å²) in [6.07, 6.45) is 2.75. The highest BCUT2D eigenvalue weighted by atomic mass is 16.1. The Bertz CT molecular complexity index is 559. The average molecular weight is 243 g/mol. The van der Waals surface area contributed by atoms with Crippen molar-refractivity contribution in [3.8, 4) is 0 Å². The summed E-state index contributed by atoms with van der Waals surface area (Å²) in [7, 11) is 0. The Hall–Kier alpha value is -2.50. The van der Waals surface area contributed by atoms with Gasteiger partial charge in [0.05, 0.1) is 5.56 Å². The number of hydrogen-bond donors (Lipinski definition) is 2. The van der Waals surface area contributed by atoms with Gasteiger partial charge in [0.2, 0.25) is 5.95 Å². The minimum atomic E-state index is -0.550. The van der Waals surface area contributed by atoms with Gasteiger partial charge in [0.25, 0.3) is 5.91 Å². The molecule has 2 heterocycles. The second-order valence-corrected chi connectivity index (χ2v) is 3.96. The number of primary amides is 1. The predicted octanol–water partition coefficient (Wildman–Crippen LogP) is 1.33. The monoisotopic (exact) mass is 243 g/mol. The van der Waals surface area contributed by atoms with Gasteiger partial charge in [-0.25, -0.2) is 15.0 Å². The molecule has 6 nitrogen and oxygen atoms in total. The number of nitrogens with two attached hydrogens (primary N) is 1. The van der Waals surface area contributed by atoms with Gasteiger partial charge in [-0.15, -0.1) is 0 Å². The summed E-state index contributed by atoms with van der Waals surface area (Å²) in [5.41, 5.74) is 7.38. The van der Waals surface area contributed by atoms with E-state index in [1.165, 1.54) is 12.4 Å². The molecule has 0 saturated heterocycles. The normalized spacial score (nSPS) is 10.1. The van der Waals surface area contributed by atoms with Crippen molar-refractivity contribution in [3.63, 3.8) is 0 Å². The van der Waals surface area contributed by atoms with Gasteiger partial charge in [-0.1, -0.05) is 0 Å². The lowest BCUT2D eigenvalue weighted by Gasteiger charge is -2.06. The molecule has 0 aromatic carbocycles. The number of hydrogen-bond acceptors (Lipinski definition) is 5. The Labute approximate surface area is 104 Å². The second-order valence-electron chi connectivity index (χ2n) is 3.96. The van der Waals surface area contributed by atoms with Crippen molar-refractivity contribution in [3.05, 3.63) is 41.3 Å². The van der Waals surface area contributed by atoms with Gasteiger partial charge in [0, 0.05) is 18.1 Å². The molecule has 0 saturated carbocycles. The molecule has 2 aromatic rings. The maximum Gasteiger partial charge on any atom is 0.251 e. The van der Waals surface area contributed by atoms with E-state index in [2.05, 4.69) is 20.3 Å². The zero-order valence-electron chi connectivity index (χ0n) is 10.1. The number of pyridine rings is 1. The molecule has 6 heteroatoms. The molecule has 18 heavy (non-hydrogen) atoms. The standard InChI is InChI=1S/C12H13N5O/c1-7-3-8(2)16-10(4-7)17-12-14-5-9(6-15-12)11(13)18/h3-6H,1-2H3,(H2,13,18)(H,14,15,16,17). The Morgan fingerprint density at radius 1 is 1.22 bits per heavy atom. The van der Waals surface area contributed by atoms with Gasteiger partial charge in [-0.05, 0) is 31.5 Å². The maximum atomic E-state index is 10.9. The van der Waals surface area contributed by atoms with E-state index in [0.717, 1.165) is 11.3 Å². The molecule has 0 atom stereocenters. The van der Waals surface area contributed by atoms with E-state index in [1.807, 2.05) is 26.0 Å². The first-order valence-electron chi connectivity index (χ1n) is 5.39. The number of carbonyl (C=O) groups is 1. The van der Waals surface area contributed by atoms with E-state index < -0.39 is 5.91 Å². The molecule has 0 aliphatic heterocycles. The maximum absolute atomic E-state index is 10.9. The third-order valence-electron chi connectivity index (χ3n) is 2.27. The fraction of sp³-hybridized carbons (Fsp3) is 0.167. The van der Waals surface area contributed by atoms with Crippen LogP contribution in [-0.2, 0) is 0 Å². The highest BCUT2D eigenvalue weighted by molar-refractivity contribution is 5.92. The van der Waals surface area contributed by atoms with E-state index in [0.29, 0.717) is 11.8 Å². The van der Waals surface area contributed by atoms with Crippen LogP contribution in [0.15, 0.2) is 24.5 Å². The molecule has 1 amide bonds. The summed E-state index contributed by atoms with van der Waals surface area (Å²) < 4.78 is 0. The van der Waals surface area contributed by atoms with Crippen LogP contribution in [0.25, 0.3) is 0 Å². The van der Waals surface area contributed by atoms with Crippen molar-refractivity contribution in [1.82, 2.24) is 15.0 Å². The second kappa shape index (κ2) is 4.79. The SMILES string of the molecule is Cc1cc(C)nc(Nc2ncc(C(N)=O)cn2)c1. The molecule has 92 valence electrons. The van der Waals surface area contributed by atoms with Gasteiger partial charge >= 0.3 is 0 Å². The van der Waals surface area contributed by atoms with E-state index in [-0.39, 0.29) is 5.56 Å². The quantitative estimate of drug-likeness (QED) is 0.848. The Morgan fingerprint density at radius 3 is 2.44 bits per heavy atom. The van der Waals surface area contributed by atoms with Crippen molar-refractivity contribution in [2.24, 2.45) is 5.73 Å². The lowest BCUT2D eigenvalue weighted by molar-refractivity contribution is 0.0999. The van der Waals surface area contributed by atoms with Crippen LogP contribution in [0.4, 0.5) is 11.8 Å². The molecule has 2 rings (SSSR count). The van der Waals surface area contributed by atoms with E-state index in [1.54, 1.807) is 0 Å². The van der Waals surface area contributed by atoms with E-state index in [9.17, 15) is 4.79 Å². The van der Waals surface area contributed by atoms with Crippen LogP contribution in [0.2, 0.25) is 0 Å². The lowest BCUT2D eigenvalue weighted by Crippen LogP contribution is -2.12. The lowest BCUT2D eigenvalue weighted by atomic mass is 10.2. The summed E-state index contributed by atoms with van der Waals surface area (Å²) >= 11 is 0. The van der Waals surface area contributed by atoms with E-state index in [4.69, 9.17) is 5.73 Å². The number of carbonyl (C=O) groups excluding carboxylic acids is 1. The Morgan fingerprint density at radius 2 is 1.89 bits per heavy atom. The zero-order valence-corrected chi connectivity index (χ0v) is 10.1. The number of rotatable bonds is 3. The molecule has 0 aliphatic carbocycles. The first kappa shape index (κ1) is 12.0. The predicted molar refractivity (Wildman–Crippen MR) is 67.5 cm³/mol. The zero-order chi connectivity index (χ0) is 13.1. The molecule has 0 aliphatic rings. The van der Waals surface area contributed by atoms with Gasteiger partial charge in [0.1, 0.15) is 5.82 Å². The van der Waals surface area contributed by atoms with Crippen molar-refractivity contribution in [2.45, 2.75) is 13.8 Å². The average Bonchev–Trinajstić information content (AvgIpc) is 2.28. The fourth-order valence-corrected chi connectivity index (χ4v) is 1.54. The van der Waals surface area contributed by atoms with Gasteiger partial charge in [-0.3, -0.25) is 4.79 Å². The number of amides is 1. The molecule has 0 radical (unpaired) electrons. The summed E-state index contributed by atoms with van der Waals surface area (Å²) in [5, 5.41) is 2.97. The molecular weight excluding hydrogens is 230 g/mol. The molecule has 0 spiro atoms. The first-order valence-corrected chi connectivity index (χ1v) is 5.39. The highest BCUT2D eigenvalue weighted by Crippen LogP contribution is 2.12. The summed E-state index contributed by atoms with van der Waals surface area (Å²) in [5.74, 6) is 0.489. The van der Waals surface area contributed by atoms with E-state index >= 15 is 0 Å². The number of nitrogens with zero attached hydrogens (tertiary/aromatic N) is 3. The number of aryl methyl sites for hydroxylation is 2. The van der Waals surface area contributed by atoms with Gasteiger partial charge in [-0.2, -0.15) is 0 Å². The van der Waals surface area contributed by atoms with Crippen LogP contribution in [0.5, 0.6) is 0 Å². The first-order chi connectivity index (χ1) is 8.54. The highest BCUT2D eigenvalue weighted by Gasteiger charge is 2.04. The van der Waals surface area contributed by atoms with Gasteiger partial charge < -0.3 is 11.1 Å². The van der Waals surface area contributed by atoms with Crippen LogP contribution in [0.3, 0.4) is 0 Å². The molecule has 2 aromatic heterocycles. The fourth-order valence-electron chi connectivity index (χ4n) is 1.54. The largest absolute Gasteiger partial charge is 0.366 e. The van der Waals surface area contributed by atoms with Crippen molar-refractivity contribution in [2.75, 3.05) is 5.32 Å². The van der Waals surface area contributed by atoms with Crippen molar-refractivity contribution < 1.29 is 4.79 Å². The Balaban J connectivity index is 2.20. The third-order valence-corrected chi connectivity index (χ3v) is 2.27. The minimum Gasteiger partial charge on any atom is -0.366 e. The van der Waals surface area contributed by atoms with Crippen LogP contribution in [-0.4, -0.2) is 20.9 Å². The number of nitrogens with one attached hydrogen (secondary N) is 1. The number of anilines is 2. The van der Waals surface area contributed by atoms with Crippen LogP contribution in [0.1, 0.15) is 21.6 Å².